The lowest BCUT2D eigenvalue weighted by atomic mass is 10.1. The van der Waals surface area contributed by atoms with Crippen molar-refractivity contribution >= 4 is 11.1 Å². The largest absolute Gasteiger partial charge is 0.441 e. The molecule has 0 spiro atoms. The number of aliphatic hydroxyl groups excluding tert-OH is 1. The van der Waals surface area contributed by atoms with Gasteiger partial charge in [-0.05, 0) is 31.2 Å². The molecule has 0 fully saturated rings. The average Bonchev–Trinajstić information content (AvgIpc) is 2.76. The third-order valence-electron chi connectivity index (χ3n) is 2.83. The number of aryl methyl sites for hydroxylation is 2. The molecule has 0 atom stereocenters. The molecule has 1 N–H and O–H groups in total. The first-order chi connectivity index (χ1) is 9.15. The summed E-state index contributed by atoms with van der Waals surface area (Å²) in [6, 6.07) is 7.61. The molecule has 96 valence electrons. The number of hydrogen-bond acceptors (Lipinski definition) is 5. The molecule has 5 nitrogen and oxygen atoms in total. The van der Waals surface area contributed by atoms with Gasteiger partial charge >= 0.3 is 0 Å². The molecular weight excluding hydrogens is 242 g/mol. The quantitative estimate of drug-likeness (QED) is 0.761. The van der Waals surface area contributed by atoms with Gasteiger partial charge in [0, 0.05) is 18.2 Å². The van der Waals surface area contributed by atoms with Crippen molar-refractivity contribution in [1.29, 1.82) is 0 Å². The standard InChI is InChI=1S/C14H13N3O2/c1-8-5-11(17-14(7-18)15-8)10-3-4-13-12(6-10)16-9(2)19-13/h3-6,18H,7H2,1-2H3. The average molecular weight is 255 g/mol. The molecule has 3 aromatic rings. The molecule has 5 heteroatoms. The molecule has 0 saturated carbocycles. The van der Waals surface area contributed by atoms with Crippen molar-refractivity contribution in [1.82, 2.24) is 15.0 Å². The van der Waals surface area contributed by atoms with Gasteiger partial charge in [-0.15, -0.1) is 0 Å². The summed E-state index contributed by atoms with van der Waals surface area (Å²) in [5.74, 6) is 1.06. The summed E-state index contributed by atoms with van der Waals surface area (Å²) in [5, 5.41) is 9.16. The molecule has 19 heavy (non-hydrogen) atoms. The van der Waals surface area contributed by atoms with Crippen molar-refractivity contribution < 1.29 is 9.52 Å². The molecule has 2 aromatic heterocycles. The second-order valence-corrected chi connectivity index (χ2v) is 4.38. The third-order valence-corrected chi connectivity index (χ3v) is 2.83. The lowest BCUT2D eigenvalue weighted by Crippen LogP contribution is -1.98. The number of hydrogen-bond donors (Lipinski definition) is 1. The number of aliphatic hydroxyl groups is 1. The third kappa shape index (κ3) is 2.20. The number of fused-ring (bicyclic) bond motifs is 1. The molecule has 0 amide bonds. The Bertz CT molecular complexity index is 750. The topological polar surface area (TPSA) is 72.0 Å². The lowest BCUT2D eigenvalue weighted by molar-refractivity contribution is 0.271. The van der Waals surface area contributed by atoms with Crippen LogP contribution in [0.1, 0.15) is 17.4 Å². The molecule has 0 aliphatic heterocycles. The highest BCUT2D eigenvalue weighted by Gasteiger charge is 2.08. The van der Waals surface area contributed by atoms with Crippen LogP contribution in [0.5, 0.6) is 0 Å². The predicted octanol–water partition coefficient (Wildman–Crippen LogP) is 2.39. The van der Waals surface area contributed by atoms with Crippen LogP contribution in [-0.4, -0.2) is 20.1 Å². The fourth-order valence-electron chi connectivity index (χ4n) is 2.05. The van der Waals surface area contributed by atoms with Crippen LogP contribution < -0.4 is 0 Å². The second-order valence-electron chi connectivity index (χ2n) is 4.38. The Kier molecular flexibility index (Phi) is 2.76. The van der Waals surface area contributed by atoms with Gasteiger partial charge in [0.1, 0.15) is 12.1 Å². The van der Waals surface area contributed by atoms with Gasteiger partial charge < -0.3 is 9.52 Å². The molecule has 2 heterocycles. The van der Waals surface area contributed by atoms with E-state index in [0.717, 1.165) is 28.1 Å². The molecular formula is C14H13N3O2. The molecule has 3 rings (SSSR count). The van der Waals surface area contributed by atoms with Crippen LogP contribution in [0.2, 0.25) is 0 Å². The number of oxazole rings is 1. The summed E-state index contributed by atoms with van der Waals surface area (Å²) in [5.41, 5.74) is 4.09. The first-order valence-electron chi connectivity index (χ1n) is 5.99. The molecule has 0 aliphatic carbocycles. The fraction of sp³-hybridized carbons (Fsp3) is 0.214. The molecule has 1 aromatic carbocycles. The van der Waals surface area contributed by atoms with Crippen molar-refractivity contribution in [3.63, 3.8) is 0 Å². The minimum Gasteiger partial charge on any atom is -0.441 e. The van der Waals surface area contributed by atoms with Crippen molar-refractivity contribution in [2.75, 3.05) is 0 Å². The zero-order valence-corrected chi connectivity index (χ0v) is 10.7. The van der Waals surface area contributed by atoms with E-state index in [2.05, 4.69) is 15.0 Å². The smallest absolute Gasteiger partial charge is 0.192 e. The van der Waals surface area contributed by atoms with Gasteiger partial charge in [-0.1, -0.05) is 0 Å². The Labute approximate surface area is 110 Å². The van der Waals surface area contributed by atoms with E-state index in [1.807, 2.05) is 38.1 Å². The van der Waals surface area contributed by atoms with Crippen molar-refractivity contribution in [3.05, 3.63) is 41.7 Å². The number of nitrogens with zero attached hydrogens (tertiary/aromatic N) is 3. The van der Waals surface area contributed by atoms with Gasteiger partial charge in [0.25, 0.3) is 0 Å². The Balaban J connectivity index is 2.15. The van der Waals surface area contributed by atoms with Gasteiger partial charge in [0.15, 0.2) is 17.3 Å². The summed E-state index contributed by atoms with van der Waals surface area (Å²) in [7, 11) is 0. The summed E-state index contributed by atoms with van der Waals surface area (Å²) in [6.07, 6.45) is 0. The molecule has 0 unspecified atom stereocenters. The zero-order chi connectivity index (χ0) is 13.4. The van der Waals surface area contributed by atoms with Crippen molar-refractivity contribution in [2.24, 2.45) is 0 Å². The van der Waals surface area contributed by atoms with E-state index in [1.165, 1.54) is 0 Å². The minimum atomic E-state index is -0.167. The summed E-state index contributed by atoms with van der Waals surface area (Å²) >= 11 is 0. The van der Waals surface area contributed by atoms with Gasteiger partial charge in [-0.2, -0.15) is 0 Å². The summed E-state index contributed by atoms with van der Waals surface area (Å²) in [6.45, 7) is 3.53. The van der Waals surface area contributed by atoms with Crippen LogP contribution in [0.4, 0.5) is 0 Å². The van der Waals surface area contributed by atoms with E-state index in [0.29, 0.717) is 11.7 Å². The van der Waals surface area contributed by atoms with E-state index in [9.17, 15) is 0 Å². The first-order valence-corrected chi connectivity index (χ1v) is 5.99. The van der Waals surface area contributed by atoms with Gasteiger partial charge in [0.2, 0.25) is 0 Å². The molecule has 0 radical (unpaired) electrons. The Morgan fingerprint density at radius 1 is 1.11 bits per heavy atom. The zero-order valence-electron chi connectivity index (χ0n) is 10.7. The molecule has 0 bridgehead atoms. The number of rotatable bonds is 2. The van der Waals surface area contributed by atoms with Crippen LogP contribution in [0.15, 0.2) is 28.7 Å². The second kappa shape index (κ2) is 4.44. The van der Waals surface area contributed by atoms with E-state index in [1.54, 1.807) is 0 Å². The van der Waals surface area contributed by atoms with Gasteiger partial charge in [-0.3, -0.25) is 0 Å². The Morgan fingerprint density at radius 2 is 1.95 bits per heavy atom. The highest BCUT2D eigenvalue weighted by Crippen LogP contribution is 2.23. The Hall–Kier alpha value is -2.27. The van der Waals surface area contributed by atoms with Crippen LogP contribution in [0.25, 0.3) is 22.4 Å². The highest BCUT2D eigenvalue weighted by molar-refractivity contribution is 5.79. The number of aromatic nitrogens is 3. The lowest BCUT2D eigenvalue weighted by Gasteiger charge is -2.04. The van der Waals surface area contributed by atoms with Gasteiger partial charge in [-0.25, -0.2) is 15.0 Å². The van der Waals surface area contributed by atoms with E-state index in [4.69, 9.17) is 9.52 Å². The van der Waals surface area contributed by atoms with Gasteiger partial charge in [0.05, 0.1) is 5.69 Å². The molecule has 0 aliphatic rings. The normalized spacial score (nSPS) is 11.1. The van der Waals surface area contributed by atoms with E-state index < -0.39 is 0 Å². The minimum absolute atomic E-state index is 0.167. The fourth-order valence-corrected chi connectivity index (χ4v) is 2.05. The maximum atomic E-state index is 9.16. The highest BCUT2D eigenvalue weighted by atomic mass is 16.3. The summed E-state index contributed by atoms with van der Waals surface area (Å²) in [4.78, 5) is 12.8. The van der Waals surface area contributed by atoms with E-state index >= 15 is 0 Å². The predicted molar refractivity (Wildman–Crippen MR) is 70.4 cm³/mol. The maximum absolute atomic E-state index is 9.16. The monoisotopic (exact) mass is 255 g/mol. The number of benzene rings is 1. The SMILES string of the molecule is Cc1cc(-c2ccc3oc(C)nc3c2)nc(CO)n1. The van der Waals surface area contributed by atoms with Crippen molar-refractivity contribution in [3.8, 4) is 11.3 Å². The van der Waals surface area contributed by atoms with Crippen LogP contribution in [0.3, 0.4) is 0 Å². The van der Waals surface area contributed by atoms with E-state index in [-0.39, 0.29) is 6.61 Å². The summed E-state index contributed by atoms with van der Waals surface area (Å²) < 4.78 is 5.44. The first kappa shape index (κ1) is 11.8. The van der Waals surface area contributed by atoms with Crippen LogP contribution >= 0.6 is 0 Å². The van der Waals surface area contributed by atoms with Crippen LogP contribution in [-0.2, 0) is 6.61 Å². The maximum Gasteiger partial charge on any atom is 0.192 e. The van der Waals surface area contributed by atoms with Crippen LogP contribution in [0, 0.1) is 13.8 Å². The Morgan fingerprint density at radius 3 is 2.74 bits per heavy atom. The molecule has 0 saturated heterocycles. The van der Waals surface area contributed by atoms with Crippen molar-refractivity contribution in [2.45, 2.75) is 20.5 Å².